The van der Waals surface area contributed by atoms with Crippen molar-refractivity contribution in [1.29, 1.82) is 0 Å². The molecule has 4 nitrogen and oxygen atoms in total. The fraction of sp³-hybridized carbons (Fsp3) is 0.765. The zero-order chi connectivity index (χ0) is 15.3. The molecule has 1 rings (SSSR count). The molecule has 0 aromatic heterocycles. The zero-order valence-corrected chi connectivity index (χ0v) is 13.2. The number of ether oxygens (including phenoxy) is 1. The first kappa shape index (κ1) is 17.7. The van der Waals surface area contributed by atoms with E-state index in [1.165, 1.54) is 32.1 Å². The average Bonchev–Trinajstić information content (AvgIpc) is 2.91. The quantitative estimate of drug-likeness (QED) is 0.360. The van der Waals surface area contributed by atoms with Crippen LogP contribution in [-0.2, 0) is 14.3 Å². The predicted molar refractivity (Wildman–Crippen MR) is 83.9 cm³/mol. The third-order valence-electron chi connectivity index (χ3n) is 3.68. The van der Waals surface area contributed by atoms with Crippen LogP contribution in [0.3, 0.4) is 0 Å². The SMILES string of the molecule is CCCCCC/C=C/CCCCOC(=O)[C@@H]1CCC(=O)N1. The lowest BCUT2D eigenvalue weighted by Crippen LogP contribution is -2.34. The fourth-order valence-electron chi connectivity index (χ4n) is 2.35. The molecule has 0 aliphatic carbocycles. The van der Waals surface area contributed by atoms with E-state index in [0.29, 0.717) is 19.4 Å². The molecule has 1 fully saturated rings. The van der Waals surface area contributed by atoms with Crippen molar-refractivity contribution in [1.82, 2.24) is 5.32 Å². The fourth-order valence-corrected chi connectivity index (χ4v) is 2.35. The van der Waals surface area contributed by atoms with Crippen LogP contribution in [0, 0.1) is 0 Å². The van der Waals surface area contributed by atoms with Crippen LogP contribution in [0.25, 0.3) is 0 Å². The molecule has 0 spiro atoms. The molecule has 0 saturated carbocycles. The van der Waals surface area contributed by atoms with Gasteiger partial charge in [-0.3, -0.25) is 4.79 Å². The smallest absolute Gasteiger partial charge is 0.328 e. The maximum absolute atomic E-state index is 11.6. The molecule has 1 amide bonds. The Morgan fingerprint density at radius 2 is 1.90 bits per heavy atom. The molecule has 1 aliphatic rings. The Labute approximate surface area is 128 Å². The highest BCUT2D eigenvalue weighted by Gasteiger charge is 2.28. The van der Waals surface area contributed by atoms with E-state index >= 15 is 0 Å². The number of carbonyl (C=O) groups excluding carboxylic acids is 2. The molecule has 1 heterocycles. The van der Waals surface area contributed by atoms with E-state index in [0.717, 1.165) is 19.3 Å². The van der Waals surface area contributed by atoms with Gasteiger partial charge >= 0.3 is 5.97 Å². The molecule has 0 bridgehead atoms. The lowest BCUT2D eigenvalue weighted by Gasteiger charge is -2.09. The lowest BCUT2D eigenvalue weighted by atomic mass is 10.1. The molecule has 120 valence electrons. The van der Waals surface area contributed by atoms with Crippen molar-refractivity contribution >= 4 is 11.9 Å². The molecule has 0 unspecified atom stereocenters. The van der Waals surface area contributed by atoms with Crippen LogP contribution in [0.4, 0.5) is 0 Å². The molecule has 0 aromatic rings. The van der Waals surface area contributed by atoms with Gasteiger partial charge in [0.2, 0.25) is 5.91 Å². The molecule has 0 aromatic carbocycles. The summed E-state index contributed by atoms with van der Waals surface area (Å²) < 4.78 is 5.17. The number of esters is 1. The molecule has 0 radical (unpaired) electrons. The van der Waals surface area contributed by atoms with Crippen LogP contribution >= 0.6 is 0 Å². The highest BCUT2D eigenvalue weighted by molar-refractivity contribution is 5.87. The normalized spacial score (nSPS) is 18.1. The van der Waals surface area contributed by atoms with E-state index in [9.17, 15) is 9.59 Å². The Bertz CT molecular complexity index is 339. The first-order valence-corrected chi connectivity index (χ1v) is 8.35. The minimum atomic E-state index is -0.416. The molecule has 1 aliphatic heterocycles. The van der Waals surface area contributed by atoms with Gasteiger partial charge in [-0.25, -0.2) is 4.79 Å². The van der Waals surface area contributed by atoms with Gasteiger partial charge in [-0.15, -0.1) is 0 Å². The molecule has 1 saturated heterocycles. The Morgan fingerprint density at radius 3 is 2.52 bits per heavy atom. The Balaban J connectivity index is 1.89. The van der Waals surface area contributed by atoms with Gasteiger partial charge in [0.15, 0.2) is 0 Å². The van der Waals surface area contributed by atoms with Crippen LogP contribution in [0.1, 0.15) is 71.1 Å². The van der Waals surface area contributed by atoms with E-state index in [2.05, 4.69) is 24.4 Å². The number of rotatable bonds is 11. The van der Waals surface area contributed by atoms with Gasteiger partial charge in [0.25, 0.3) is 0 Å². The van der Waals surface area contributed by atoms with E-state index in [4.69, 9.17) is 4.74 Å². The van der Waals surface area contributed by atoms with Crippen molar-refractivity contribution in [2.75, 3.05) is 6.61 Å². The van der Waals surface area contributed by atoms with E-state index < -0.39 is 6.04 Å². The van der Waals surface area contributed by atoms with Crippen molar-refractivity contribution in [3.8, 4) is 0 Å². The number of hydrogen-bond donors (Lipinski definition) is 1. The molecule has 4 heteroatoms. The van der Waals surface area contributed by atoms with Gasteiger partial charge in [-0.2, -0.15) is 0 Å². The highest BCUT2D eigenvalue weighted by Crippen LogP contribution is 2.09. The third kappa shape index (κ3) is 8.53. The molecule has 21 heavy (non-hydrogen) atoms. The van der Waals surface area contributed by atoms with Crippen molar-refractivity contribution in [2.24, 2.45) is 0 Å². The summed E-state index contributed by atoms with van der Waals surface area (Å²) in [4.78, 5) is 22.6. The molecule has 1 N–H and O–H groups in total. The van der Waals surface area contributed by atoms with Crippen LogP contribution < -0.4 is 5.32 Å². The molecular weight excluding hydrogens is 266 g/mol. The second-order valence-corrected chi connectivity index (χ2v) is 5.64. The Morgan fingerprint density at radius 1 is 1.19 bits per heavy atom. The maximum Gasteiger partial charge on any atom is 0.328 e. The van der Waals surface area contributed by atoms with E-state index in [1.807, 2.05) is 0 Å². The van der Waals surface area contributed by atoms with Gasteiger partial charge in [0.1, 0.15) is 6.04 Å². The number of allylic oxidation sites excluding steroid dienone is 2. The average molecular weight is 295 g/mol. The van der Waals surface area contributed by atoms with Crippen molar-refractivity contribution in [2.45, 2.75) is 77.2 Å². The van der Waals surface area contributed by atoms with Crippen LogP contribution in [0.2, 0.25) is 0 Å². The summed E-state index contributed by atoms with van der Waals surface area (Å²) >= 11 is 0. The zero-order valence-electron chi connectivity index (χ0n) is 13.2. The van der Waals surface area contributed by atoms with Gasteiger partial charge < -0.3 is 10.1 Å². The summed E-state index contributed by atoms with van der Waals surface area (Å²) in [7, 11) is 0. The monoisotopic (exact) mass is 295 g/mol. The van der Waals surface area contributed by atoms with Gasteiger partial charge in [-0.05, 0) is 38.5 Å². The number of hydrogen-bond acceptors (Lipinski definition) is 3. The van der Waals surface area contributed by atoms with Crippen molar-refractivity contribution in [3.63, 3.8) is 0 Å². The van der Waals surface area contributed by atoms with Crippen molar-refractivity contribution in [3.05, 3.63) is 12.2 Å². The van der Waals surface area contributed by atoms with Crippen LogP contribution in [-0.4, -0.2) is 24.5 Å². The number of amides is 1. The standard InChI is InChI=1S/C17H29NO3/c1-2-3-4-5-6-7-8-9-10-11-14-21-17(20)15-12-13-16(19)18-15/h7-8,15H,2-6,9-14H2,1H3,(H,18,19)/b8-7+/t15-/m0/s1. The van der Waals surface area contributed by atoms with E-state index in [-0.39, 0.29) is 11.9 Å². The van der Waals surface area contributed by atoms with Gasteiger partial charge in [0.05, 0.1) is 6.61 Å². The summed E-state index contributed by atoms with van der Waals surface area (Å²) in [5, 5.41) is 2.62. The second kappa shape index (κ2) is 11.4. The first-order valence-electron chi connectivity index (χ1n) is 8.35. The van der Waals surface area contributed by atoms with E-state index in [1.54, 1.807) is 0 Å². The minimum absolute atomic E-state index is 0.0546. The van der Waals surface area contributed by atoms with Gasteiger partial charge in [-0.1, -0.05) is 38.3 Å². The molecular formula is C17H29NO3. The summed E-state index contributed by atoms with van der Waals surface area (Å²) in [5.74, 6) is -0.339. The third-order valence-corrected chi connectivity index (χ3v) is 3.68. The Kier molecular flexibility index (Phi) is 9.58. The largest absolute Gasteiger partial charge is 0.464 e. The van der Waals surface area contributed by atoms with Gasteiger partial charge in [0, 0.05) is 6.42 Å². The maximum atomic E-state index is 11.6. The summed E-state index contributed by atoms with van der Waals surface area (Å²) in [6.07, 6.45) is 14.9. The summed E-state index contributed by atoms with van der Waals surface area (Å²) in [6.45, 7) is 2.68. The highest BCUT2D eigenvalue weighted by atomic mass is 16.5. The molecule has 1 atom stereocenters. The number of nitrogens with one attached hydrogen (secondary N) is 1. The van der Waals surface area contributed by atoms with Crippen LogP contribution in [0.15, 0.2) is 12.2 Å². The Hall–Kier alpha value is -1.32. The van der Waals surface area contributed by atoms with Crippen LogP contribution in [0.5, 0.6) is 0 Å². The predicted octanol–water partition coefficient (Wildman–Crippen LogP) is 3.51. The second-order valence-electron chi connectivity index (χ2n) is 5.64. The summed E-state index contributed by atoms with van der Waals surface area (Å²) in [5.41, 5.74) is 0. The number of carbonyl (C=O) groups is 2. The summed E-state index contributed by atoms with van der Waals surface area (Å²) in [6, 6.07) is -0.416. The topological polar surface area (TPSA) is 55.4 Å². The first-order chi connectivity index (χ1) is 10.2. The van der Waals surface area contributed by atoms with Crippen molar-refractivity contribution < 1.29 is 14.3 Å². The minimum Gasteiger partial charge on any atom is -0.464 e. The number of unbranched alkanes of at least 4 members (excludes halogenated alkanes) is 6. The lowest BCUT2D eigenvalue weighted by molar-refractivity contribution is -0.146.